The van der Waals surface area contributed by atoms with E-state index in [1.165, 1.54) is 17.7 Å². The minimum absolute atomic E-state index is 0.0586. The molecule has 2 heterocycles. The van der Waals surface area contributed by atoms with Gasteiger partial charge in [0.2, 0.25) is 5.91 Å². The maximum Gasteiger partial charge on any atom is 0.241 e. The number of nitrogens with zero attached hydrogens (tertiary/aromatic N) is 1. The van der Waals surface area contributed by atoms with Crippen LogP contribution in [0.1, 0.15) is 35.4 Å². The Morgan fingerprint density at radius 1 is 1.18 bits per heavy atom. The minimum atomic E-state index is -0.261. The van der Waals surface area contributed by atoms with E-state index in [1.807, 2.05) is 40.6 Å². The number of rotatable bonds is 5. The number of benzene rings is 2. The molecule has 28 heavy (non-hydrogen) atoms. The third kappa shape index (κ3) is 3.86. The number of hydrogen-bond acceptors (Lipinski definition) is 3. The van der Waals surface area contributed by atoms with Crippen LogP contribution in [0.2, 0.25) is 0 Å². The van der Waals surface area contributed by atoms with Crippen LogP contribution in [0.5, 0.6) is 0 Å². The molecule has 0 fully saturated rings. The highest BCUT2D eigenvalue weighted by Gasteiger charge is 2.28. The average Bonchev–Trinajstić information content (AvgIpc) is 3.23. The van der Waals surface area contributed by atoms with E-state index >= 15 is 0 Å². The lowest BCUT2D eigenvalue weighted by molar-refractivity contribution is -0.118. The Morgan fingerprint density at radius 3 is 2.71 bits per heavy atom. The van der Waals surface area contributed by atoms with E-state index < -0.39 is 0 Å². The first-order valence-corrected chi connectivity index (χ1v) is 10.4. The number of thiophene rings is 1. The smallest absolute Gasteiger partial charge is 0.241 e. The number of nitrogens with one attached hydrogen (secondary N) is 1. The van der Waals surface area contributed by atoms with Crippen molar-refractivity contribution in [3.63, 3.8) is 0 Å². The number of halogens is 1. The highest BCUT2D eigenvalue weighted by atomic mass is 32.1. The summed E-state index contributed by atoms with van der Waals surface area (Å²) in [4.78, 5) is 16.2. The molecule has 0 spiro atoms. The fourth-order valence-corrected chi connectivity index (χ4v) is 4.66. The number of anilines is 1. The quantitative estimate of drug-likeness (QED) is 0.665. The summed E-state index contributed by atoms with van der Waals surface area (Å²) in [5.74, 6) is -0.202. The molecule has 1 amide bonds. The summed E-state index contributed by atoms with van der Waals surface area (Å²) in [6.45, 7) is 2.32. The van der Waals surface area contributed by atoms with Gasteiger partial charge < -0.3 is 4.90 Å². The van der Waals surface area contributed by atoms with Gasteiger partial charge in [-0.25, -0.2) is 4.39 Å². The predicted octanol–water partition coefficient (Wildman–Crippen LogP) is 4.93. The molecule has 3 nitrogen and oxygen atoms in total. The second-order valence-corrected chi connectivity index (χ2v) is 8.14. The number of carbonyl (C=O) groups is 1. The molecular formula is C23H23FN2OS. The lowest BCUT2D eigenvalue weighted by Crippen LogP contribution is -2.46. The standard InChI is InChI=1S/C23H23FN2OS/c1-16-8-9-17-5-2-3-6-20(17)26(16)22(27)15-25-23(21-7-4-14-28-21)18-10-12-19(24)13-11-18/h2-7,10-14,16,23,25H,8-9,15H2,1H3. The minimum Gasteiger partial charge on any atom is -0.308 e. The summed E-state index contributed by atoms with van der Waals surface area (Å²) in [6.07, 6.45) is 1.97. The van der Waals surface area contributed by atoms with Crippen LogP contribution in [0.3, 0.4) is 0 Å². The molecular weight excluding hydrogens is 371 g/mol. The van der Waals surface area contributed by atoms with Crippen LogP contribution < -0.4 is 10.2 Å². The number of amides is 1. The molecule has 0 aliphatic carbocycles. The molecule has 3 aromatic rings. The lowest BCUT2D eigenvalue weighted by atomic mass is 9.96. The van der Waals surface area contributed by atoms with E-state index in [9.17, 15) is 9.18 Å². The van der Waals surface area contributed by atoms with Crippen molar-refractivity contribution in [1.29, 1.82) is 0 Å². The summed E-state index contributed by atoms with van der Waals surface area (Å²) in [5, 5.41) is 5.42. The number of carbonyl (C=O) groups excluding carboxylic acids is 1. The van der Waals surface area contributed by atoms with E-state index in [-0.39, 0.29) is 30.4 Å². The zero-order chi connectivity index (χ0) is 19.5. The Hall–Kier alpha value is -2.50. The molecule has 0 saturated heterocycles. The zero-order valence-electron chi connectivity index (χ0n) is 15.8. The molecule has 1 aliphatic heterocycles. The van der Waals surface area contributed by atoms with E-state index in [0.717, 1.165) is 29.0 Å². The molecule has 0 saturated carbocycles. The molecule has 1 aromatic heterocycles. The van der Waals surface area contributed by atoms with Crippen molar-refractivity contribution in [3.05, 3.63) is 87.9 Å². The Labute approximate surface area is 168 Å². The first-order chi connectivity index (χ1) is 13.6. The van der Waals surface area contributed by atoms with Crippen LogP contribution in [0.15, 0.2) is 66.0 Å². The van der Waals surface area contributed by atoms with Crippen molar-refractivity contribution in [2.75, 3.05) is 11.4 Å². The summed E-state index contributed by atoms with van der Waals surface area (Å²) in [5.41, 5.74) is 3.19. The van der Waals surface area contributed by atoms with Gasteiger partial charge in [0.25, 0.3) is 0 Å². The van der Waals surface area contributed by atoms with Crippen LogP contribution >= 0.6 is 11.3 Å². The Kier molecular flexibility index (Phi) is 5.55. The van der Waals surface area contributed by atoms with Crippen LogP contribution in [0.25, 0.3) is 0 Å². The van der Waals surface area contributed by atoms with Gasteiger partial charge in [0, 0.05) is 16.6 Å². The van der Waals surface area contributed by atoms with Crippen LogP contribution in [0, 0.1) is 5.82 Å². The van der Waals surface area contributed by atoms with Crippen molar-refractivity contribution in [1.82, 2.24) is 5.32 Å². The molecule has 2 unspecified atom stereocenters. The van der Waals surface area contributed by atoms with Gasteiger partial charge in [-0.15, -0.1) is 11.3 Å². The second kappa shape index (κ2) is 8.25. The van der Waals surface area contributed by atoms with Crippen LogP contribution in [0.4, 0.5) is 10.1 Å². The summed E-state index contributed by atoms with van der Waals surface area (Å²) in [6, 6.07) is 18.7. The zero-order valence-corrected chi connectivity index (χ0v) is 16.6. The SMILES string of the molecule is CC1CCc2ccccc2N1C(=O)CNC(c1ccc(F)cc1)c1cccs1. The molecule has 2 aromatic carbocycles. The first-order valence-electron chi connectivity index (χ1n) is 9.55. The summed E-state index contributed by atoms with van der Waals surface area (Å²) < 4.78 is 13.4. The molecule has 5 heteroatoms. The average molecular weight is 395 g/mol. The highest BCUT2D eigenvalue weighted by molar-refractivity contribution is 7.10. The van der Waals surface area contributed by atoms with Crippen molar-refractivity contribution >= 4 is 22.9 Å². The topological polar surface area (TPSA) is 32.3 Å². The fourth-order valence-electron chi connectivity index (χ4n) is 3.84. The summed E-state index contributed by atoms with van der Waals surface area (Å²) >= 11 is 1.63. The highest BCUT2D eigenvalue weighted by Crippen LogP contribution is 2.31. The maximum absolute atomic E-state index is 13.4. The molecule has 4 rings (SSSR count). The lowest BCUT2D eigenvalue weighted by Gasteiger charge is -2.35. The Morgan fingerprint density at radius 2 is 1.96 bits per heavy atom. The molecule has 1 aliphatic rings. The second-order valence-electron chi connectivity index (χ2n) is 7.16. The van der Waals surface area contributed by atoms with Gasteiger partial charge in [0.1, 0.15) is 5.82 Å². The van der Waals surface area contributed by atoms with Crippen LogP contribution in [-0.4, -0.2) is 18.5 Å². The summed E-state index contributed by atoms with van der Waals surface area (Å²) in [7, 11) is 0. The predicted molar refractivity (Wildman–Crippen MR) is 112 cm³/mol. The Balaban J connectivity index is 1.54. The van der Waals surface area contributed by atoms with Crippen molar-refractivity contribution in [2.45, 2.75) is 31.8 Å². The maximum atomic E-state index is 13.4. The largest absolute Gasteiger partial charge is 0.308 e. The third-order valence-electron chi connectivity index (χ3n) is 5.28. The normalized spacial score (nSPS) is 17.2. The van der Waals surface area contributed by atoms with Crippen molar-refractivity contribution in [2.24, 2.45) is 0 Å². The monoisotopic (exact) mass is 394 g/mol. The van der Waals surface area contributed by atoms with Crippen molar-refractivity contribution in [3.8, 4) is 0 Å². The van der Waals surface area contributed by atoms with E-state index in [0.29, 0.717) is 0 Å². The molecule has 2 atom stereocenters. The van der Waals surface area contributed by atoms with Crippen LogP contribution in [-0.2, 0) is 11.2 Å². The van der Waals surface area contributed by atoms with Gasteiger partial charge in [-0.1, -0.05) is 36.4 Å². The molecule has 0 bridgehead atoms. The first kappa shape index (κ1) is 18.8. The van der Waals surface area contributed by atoms with E-state index in [1.54, 1.807) is 23.5 Å². The Bertz CT molecular complexity index is 940. The number of hydrogen-bond donors (Lipinski definition) is 1. The molecule has 144 valence electrons. The number of aryl methyl sites for hydroxylation is 1. The number of para-hydroxylation sites is 1. The van der Waals surface area contributed by atoms with Gasteiger partial charge in [-0.2, -0.15) is 0 Å². The van der Waals surface area contributed by atoms with Gasteiger partial charge in [0.15, 0.2) is 0 Å². The van der Waals surface area contributed by atoms with Gasteiger partial charge in [-0.3, -0.25) is 10.1 Å². The van der Waals surface area contributed by atoms with Crippen molar-refractivity contribution < 1.29 is 9.18 Å². The van der Waals surface area contributed by atoms with Gasteiger partial charge in [-0.05, 0) is 60.5 Å². The fraction of sp³-hybridized carbons (Fsp3) is 0.261. The van der Waals surface area contributed by atoms with Gasteiger partial charge >= 0.3 is 0 Å². The van der Waals surface area contributed by atoms with Gasteiger partial charge in [0.05, 0.1) is 12.6 Å². The molecule has 0 radical (unpaired) electrons. The third-order valence-corrected chi connectivity index (χ3v) is 6.22. The number of fused-ring (bicyclic) bond motifs is 1. The van der Waals surface area contributed by atoms with E-state index in [4.69, 9.17) is 0 Å². The van der Waals surface area contributed by atoms with E-state index in [2.05, 4.69) is 18.3 Å². The molecule has 1 N–H and O–H groups in total.